The summed E-state index contributed by atoms with van der Waals surface area (Å²) in [6.07, 6.45) is 5.25. The van der Waals surface area contributed by atoms with Gasteiger partial charge < -0.3 is 5.32 Å². The van der Waals surface area contributed by atoms with E-state index in [1.165, 1.54) is 4.68 Å². The van der Waals surface area contributed by atoms with Crippen LogP contribution in [0.25, 0.3) is 0 Å². The largest absolute Gasteiger partial charge is 0.324 e. The van der Waals surface area contributed by atoms with Crippen LogP contribution in [0.5, 0.6) is 0 Å². The van der Waals surface area contributed by atoms with Gasteiger partial charge in [0.1, 0.15) is 12.9 Å². The number of amides is 1. The predicted octanol–water partition coefficient (Wildman–Crippen LogP) is 3.13. The molecule has 1 N–H and O–H groups in total. The summed E-state index contributed by atoms with van der Waals surface area (Å²) in [5.74, 6) is -0.223. The Morgan fingerprint density at radius 1 is 1.35 bits per heavy atom. The fraction of sp³-hybridized carbons (Fsp3) is 0.133. The smallest absolute Gasteiger partial charge is 0.246 e. The molecule has 0 spiro atoms. The van der Waals surface area contributed by atoms with Crippen LogP contribution in [0.4, 0.5) is 5.69 Å². The quantitative estimate of drug-likeness (QED) is 0.738. The van der Waals surface area contributed by atoms with E-state index in [2.05, 4.69) is 10.4 Å². The fourth-order valence-electron chi connectivity index (χ4n) is 2.07. The van der Waals surface area contributed by atoms with E-state index in [9.17, 15) is 4.79 Å². The molecule has 0 fully saturated rings. The summed E-state index contributed by atoms with van der Waals surface area (Å²) in [4.78, 5) is 12.1. The van der Waals surface area contributed by atoms with E-state index in [4.69, 9.17) is 23.8 Å². The zero-order valence-electron chi connectivity index (χ0n) is 12.3. The molecule has 0 saturated heterocycles. The van der Waals surface area contributed by atoms with Crippen LogP contribution in [0.2, 0.25) is 5.02 Å². The standard InChI is InChI=1S/C15H14ClN5OS/c1-11-4-5-12(8-13(11)16)18-14(22)9-20-15(23)21(10-17-20)19-6-2-3-7-19/h2-8,10H,9H2,1H3,(H,18,22). The molecule has 6 nitrogen and oxygen atoms in total. The molecule has 1 aromatic carbocycles. The minimum absolute atomic E-state index is 0.0264. The lowest BCUT2D eigenvalue weighted by molar-refractivity contribution is -0.116. The summed E-state index contributed by atoms with van der Waals surface area (Å²) in [6, 6.07) is 9.13. The molecule has 0 aliphatic carbocycles. The third kappa shape index (κ3) is 3.35. The van der Waals surface area contributed by atoms with E-state index in [1.54, 1.807) is 27.8 Å². The number of aromatic nitrogens is 4. The third-order valence-corrected chi connectivity index (χ3v) is 4.11. The van der Waals surface area contributed by atoms with Crippen LogP contribution in [-0.4, -0.2) is 25.0 Å². The van der Waals surface area contributed by atoms with E-state index in [0.717, 1.165) is 5.56 Å². The number of hydrogen-bond donors (Lipinski definition) is 1. The number of benzene rings is 1. The second-order valence-corrected chi connectivity index (χ2v) is 5.76. The lowest BCUT2D eigenvalue weighted by atomic mass is 10.2. The summed E-state index contributed by atoms with van der Waals surface area (Å²) >= 11 is 11.4. The summed E-state index contributed by atoms with van der Waals surface area (Å²) in [5.41, 5.74) is 1.60. The van der Waals surface area contributed by atoms with Gasteiger partial charge in [0, 0.05) is 23.1 Å². The number of nitrogens with one attached hydrogen (secondary N) is 1. The first-order chi connectivity index (χ1) is 11.0. The molecule has 3 rings (SSSR count). The van der Waals surface area contributed by atoms with Crippen molar-refractivity contribution in [2.45, 2.75) is 13.5 Å². The number of aryl methyl sites for hydroxylation is 1. The normalized spacial score (nSPS) is 10.7. The molecule has 2 aromatic heterocycles. The van der Waals surface area contributed by atoms with Crippen LogP contribution in [0.1, 0.15) is 5.56 Å². The van der Waals surface area contributed by atoms with E-state index in [-0.39, 0.29) is 12.5 Å². The van der Waals surface area contributed by atoms with Crippen molar-refractivity contribution in [1.82, 2.24) is 19.1 Å². The Hall–Kier alpha value is -2.38. The SMILES string of the molecule is Cc1ccc(NC(=O)Cn2ncn(-n3cccc3)c2=S)cc1Cl. The van der Waals surface area contributed by atoms with Gasteiger partial charge in [0.05, 0.1) is 0 Å². The number of nitrogens with zero attached hydrogens (tertiary/aromatic N) is 4. The van der Waals surface area contributed by atoms with Gasteiger partial charge in [0.15, 0.2) is 0 Å². The number of hydrogen-bond acceptors (Lipinski definition) is 3. The Bertz CT molecular complexity index is 897. The van der Waals surface area contributed by atoms with Crippen LogP contribution in [-0.2, 0) is 11.3 Å². The predicted molar refractivity (Wildman–Crippen MR) is 91.1 cm³/mol. The molecule has 0 bridgehead atoms. The third-order valence-electron chi connectivity index (χ3n) is 3.30. The van der Waals surface area contributed by atoms with Gasteiger partial charge in [-0.25, -0.2) is 9.36 Å². The average Bonchev–Trinajstić information content (AvgIpc) is 3.14. The van der Waals surface area contributed by atoms with Crippen molar-refractivity contribution in [3.05, 3.63) is 64.4 Å². The minimum atomic E-state index is -0.223. The van der Waals surface area contributed by atoms with Crippen LogP contribution < -0.4 is 5.32 Å². The molecule has 0 radical (unpaired) electrons. The van der Waals surface area contributed by atoms with Crippen LogP contribution in [0.3, 0.4) is 0 Å². The number of anilines is 1. The van der Waals surface area contributed by atoms with Gasteiger partial charge in [-0.2, -0.15) is 5.10 Å². The first-order valence-electron chi connectivity index (χ1n) is 6.89. The monoisotopic (exact) mass is 347 g/mol. The van der Waals surface area contributed by atoms with Crippen LogP contribution in [0.15, 0.2) is 49.1 Å². The molecular weight excluding hydrogens is 334 g/mol. The Morgan fingerprint density at radius 2 is 2.09 bits per heavy atom. The Kier molecular flexibility index (Phi) is 4.31. The zero-order chi connectivity index (χ0) is 16.4. The van der Waals surface area contributed by atoms with Crippen molar-refractivity contribution in [1.29, 1.82) is 0 Å². The van der Waals surface area contributed by atoms with Crippen molar-refractivity contribution in [3.63, 3.8) is 0 Å². The summed E-state index contributed by atoms with van der Waals surface area (Å²) in [6.45, 7) is 1.93. The number of carbonyl (C=O) groups is 1. The van der Waals surface area contributed by atoms with E-state index >= 15 is 0 Å². The molecule has 0 atom stereocenters. The molecule has 3 aromatic rings. The molecule has 23 heavy (non-hydrogen) atoms. The second kappa shape index (κ2) is 6.39. The molecular formula is C15H14ClN5OS. The first kappa shape index (κ1) is 15.5. The summed E-state index contributed by atoms with van der Waals surface area (Å²) in [7, 11) is 0. The van der Waals surface area contributed by atoms with Gasteiger partial charge in [-0.1, -0.05) is 17.7 Å². The molecule has 0 saturated carbocycles. The molecule has 118 valence electrons. The van der Waals surface area contributed by atoms with E-state index in [1.807, 2.05) is 37.5 Å². The lowest BCUT2D eigenvalue weighted by Gasteiger charge is -2.07. The number of rotatable bonds is 4. The van der Waals surface area contributed by atoms with Gasteiger partial charge in [0.25, 0.3) is 0 Å². The Morgan fingerprint density at radius 3 is 2.78 bits per heavy atom. The van der Waals surface area contributed by atoms with Crippen molar-refractivity contribution < 1.29 is 4.79 Å². The maximum Gasteiger partial charge on any atom is 0.246 e. The second-order valence-electron chi connectivity index (χ2n) is 4.99. The van der Waals surface area contributed by atoms with Gasteiger partial charge >= 0.3 is 0 Å². The van der Waals surface area contributed by atoms with Gasteiger partial charge in [-0.05, 0) is 49.0 Å². The molecule has 2 heterocycles. The zero-order valence-corrected chi connectivity index (χ0v) is 13.9. The van der Waals surface area contributed by atoms with Crippen LogP contribution >= 0.6 is 23.8 Å². The molecule has 8 heteroatoms. The number of halogens is 1. The highest BCUT2D eigenvalue weighted by molar-refractivity contribution is 7.71. The molecule has 0 aliphatic heterocycles. The highest BCUT2D eigenvalue weighted by atomic mass is 35.5. The van der Waals surface area contributed by atoms with Crippen molar-refractivity contribution in [2.24, 2.45) is 0 Å². The Labute approximate surface area is 142 Å². The van der Waals surface area contributed by atoms with Gasteiger partial charge in [-0.15, -0.1) is 0 Å². The van der Waals surface area contributed by atoms with Crippen molar-refractivity contribution in [3.8, 4) is 0 Å². The highest BCUT2D eigenvalue weighted by Crippen LogP contribution is 2.19. The van der Waals surface area contributed by atoms with Crippen LogP contribution in [0, 0.1) is 11.7 Å². The maximum absolute atomic E-state index is 12.1. The minimum Gasteiger partial charge on any atom is -0.324 e. The van der Waals surface area contributed by atoms with Crippen molar-refractivity contribution in [2.75, 3.05) is 5.32 Å². The Balaban J connectivity index is 1.73. The maximum atomic E-state index is 12.1. The summed E-state index contributed by atoms with van der Waals surface area (Å²) < 4.78 is 5.34. The first-order valence-corrected chi connectivity index (χ1v) is 7.67. The van der Waals surface area contributed by atoms with Gasteiger partial charge in [-0.3, -0.25) is 9.47 Å². The lowest BCUT2D eigenvalue weighted by Crippen LogP contribution is -2.20. The van der Waals surface area contributed by atoms with E-state index in [0.29, 0.717) is 15.5 Å². The molecule has 1 amide bonds. The molecule has 0 aliphatic rings. The average molecular weight is 348 g/mol. The molecule has 0 unspecified atom stereocenters. The van der Waals surface area contributed by atoms with Gasteiger partial charge in [0.2, 0.25) is 10.7 Å². The highest BCUT2D eigenvalue weighted by Gasteiger charge is 2.09. The number of carbonyl (C=O) groups excluding carboxylic acids is 1. The topological polar surface area (TPSA) is 56.8 Å². The summed E-state index contributed by atoms with van der Waals surface area (Å²) in [5, 5.41) is 7.54. The van der Waals surface area contributed by atoms with Crippen molar-refractivity contribution >= 4 is 35.4 Å². The fourth-order valence-corrected chi connectivity index (χ4v) is 2.51. The van der Waals surface area contributed by atoms with E-state index < -0.39 is 0 Å².